The molecule has 2 fully saturated rings. The molecule has 7 heteroatoms. The normalized spacial score (nSPS) is 27.0. The highest BCUT2D eigenvalue weighted by molar-refractivity contribution is 6.10. The Kier molecular flexibility index (Phi) is 5.80. The fourth-order valence-electron chi connectivity index (χ4n) is 5.20. The first-order valence-corrected chi connectivity index (χ1v) is 11.2. The SMILES string of the molecule is CC1=CN2C(=NC(=O)CC2(C)C(=O)N(CC(=O)NC2CCCC2)C2CCCC2)C=C1. The van der Waals surface area contributed by atoms with Crippen LogP contribution in [0, 0.1) is 0 Å². The molecule has 162 valence electrons. The van der Waals surface area contributed by atoms with E-state index in [4.69, 9.17) is 0 Å². The Morgan fingerprint density at radius 2 is 1.83 bits per heavy atom. The number of hydrogen-bond donors (Lipinski definition) is 1. The van der Waals surface area contributed by atoms with Gasteiger partial charge in [0.25, 0.3) is 5.91 Å². The highest BCUT2D eigenvalue weighted by Gasteiger charge is 2.49. The average molecular weight is 413 g/mol. The predicted octanol–water partition coefficient (Wildman–Crippen LogP) is 2.68. The standard InChI is InChI=1S/C23H32N4O3/c1-16-11-12-19-25-20(28)13-23(2,27(19)14-16)22(30)26(18-9-5-6-10-18)15-21(29)24-17-7-3-4-8-17/h11-12,14,17-18H,3-10,13,15H2,1-2H3,(H,24,29). The van der Waals surface area contributed by atoms with Crippen LogP contribution >= 0.6 is 0 Å². The Morgan fingerprint density at radius 3 is 2.53 bits per heavy atom. The van der Waals surface area contributed by atoms with Crippen LogP contribution in [0.5, 0.6) is 0 Å². The number of hydrogen-bond acceptors (Lipinski definition) is 4. The third-order valence-corrected chi connectivity index (χ3v) is 6.86. The number of amides is 3. The Bertz CT molecular complexity index is 818. The van der Waals surface area contributed by atoms with Gasteiger partial charge >= 0.3 is 0 Å². The van der Waals surface area contributed by atoms with Gasteiger partial charge in [-0.25, -0.2) is 0 Å². The van der Waals surface area contributed by atoms with Crippen molar-refractivity contribution in [2.45, 2.75) is 89.3 Å². The summed E-state index contributed by atoms with van der Waals surface area (Å²) in [4.78, 5) is 46.8. The molecule has 1 atom stereocenters. The molecule has 2 aliphatic carbocycles. The lowest BCUT2D eigenvalue weighted by Gasteiger charge is -2.45. The molecular formula is C23H32N4O3. The Labute approximate surface area is 178 Å². The summed E-state index contributed by atoms with van der Waals surface area (Å²) in [5, 5.41) is 3.12. The van der Waals surface area contributed by atoms with Crippen molar-refractivity contribution in [1.29, 1.82) is 0 Å². The Balaban J connectivity index is 1.58. The van der Waals surface area contributed by atoms with E-state index in [1.165, 1.54) is 0 Å². The molecule has 4 rings (SSSR count). The van der Waals surface area contributed by atoms with Gasteiger partial charge in [0.05, 0.1) is 13.0 Å². The molecule has 0 aromatic carbocycles. The average Bonchev–Trinajstić information content (AvgIpc) is 3.40. The van der Waals surface area contributed by atoms with E-state index in [0.29, 0.717) is 5.84 Å². The van der Waals surface area contributed by atoms with Gasteiger partial charge in [-0.05, 0) is 51.2 Å². The van der Waals surface area contributed by atoms with Crippen LogP contribution in [0.2, 0.25) is 0 Å². The number of fused-ring (bicyclic) bond motifs is 1. The molecule has 0 radical (unpaired) electrons. The molecule has 1 N–H and O–H groups in total. The summed E-state index contributed by atoms with van der Waals surface area (Å²) in [7, 11) is 0. The smallest absolute Gasteiger partial charge is 0.250 e. The molecule has 0 spiro atoms. The minimum Gasteiger partial charge on any atom is -0.352 e. The van der Waals surface area contributed by atoms with Gasteiger partial charge in [-0.2, -0.15) is 4.99 Å². The number of rotatable bonds is 5. The summed E-state index contributed by atoms with van der Waals surface area (Å²) in [5.74, 6) is -0.0472. The van der Waals surface area contributed by atoms with E-state index in [-0.39, 0.29) is 42.8 Å². The molecular weight excluding hydrogens is 380 g/mol. The number of allylic oxidation sites excluding steroid dienone is 2. The van der Waals surface area contributed by atoms with E-state index in [1.807, 2.05) is 31.0 Å². The molecule has 0 bridgehead atoms. The van der Waals surface area contributed by atoms with Gasteiger partial charge < -0.3 is 15.1 Å². The minimum absolute atomic E-state index is 0.0143. The molecule has 7 nitrogen and oxygen atoms in total. The van der Waals surface area contributed by atoms with Crippen molar-refractivity contribution in [3.63, 3.8) is 0 Å². The number of carbonyl (C=O) groups is 3. The van der Waals surface area contributed by atoms with Crippen molar-refractivity contribution in [3.05, 3.63) is 23.9 Å². The molecule has 30 heavy (non-hydrogen) atoms. The topological polar surface area (TPSA) is 82.1 Å². The maximum Gasteiger partial charge on any atom is 0.250 e. The van der Waals surface area contributed by atoms with Crippen LogP contribution in [-0.4, -0.2) is 57.5 Å². The van der Waals surface area contributed by atoms with Crippen molar-refractivity contribution in [1.82, 2.24) is 15.1 Å². The highest BCUT2D eigenvalue weighted by Crippen LogP contribution is 2.34. The van der Waals surface area contributed by atoms with Crippen LogP contribution in [0.3, 0.4) is 0 Å². The monoisotopic (exact) mass is 412 g/mol. The van der Waals surface area contributed by atoms with Gasteiger partial charge in [0.1, 0.15) is 11.4 Å². The van der Waals surface area contributed by atoms with Crippen LogP contribution in [0.25, 0.3) is 0 Å². The number of aliphatic imine (C=N–C) groups is 1. The second kappa shape index (κ2) is 8.36. The van der Waals surface area contributed by atoms with Gasteiger partial charge in [-0.15, -0.1) is 0 Å². The van der Waals surface area contributed by atoms with Crippen molar-refractivity contribution < 1.29 is 14.4 Å². The summed E-state index contributed by atoms with van der Waals surface area (Å²) in [6.45, 7) is 3.82. The predicted molar refractivity (Wildman–Crippen MR) is 115 cm³/mol. The van der Waals surface area contributed by atoms with Crippen LogP contribution in [0.15, 0.2) is 28.9 Å². The number of nitrogens with one attached hydrogen (secondary N) is 1. The van der Waals surface area contributed by atoms with E-state index in [2.05, 4.69) is 10.3 Å². The first-order valence-electron chi connectivity index (χ1n) is 11.2. The lowest BCUT2D eigenvalue weighted by atomic mass is 9.89. The van der Waals surface area contributed by atoms with Gasteiger partial charge in [-0.3, -0.25) is 14.4 Å². The van der Waals surface area contributed by atoms with E-state index in [9.17, 15) is 14.4 Å². The Hall–Kier alpha value is -2.44. The van der Waals surface area contributed by atoms with E-state index >= 15 is 0 Å². The summed E-state index contributed by atoms with van der Waals surface area (Å²) in [6, 6.07) is 0.271. The highest BCUT2D eigenvalue weighted by atomic mass is 16.2. The van der Waals surface area contributed by atoms with Crippen molar-refractivity contribution in [2.75, 3.05) is 6.54 Å². The van der Waals surface area contributed by atoms with Crippen molar-refractivity contribution in [3.8, 4) is 0 Å². The van der Waals surface area contributed by atoms with Crippen LogP contribution in [0.1, 0.15) is 71.6 Å². The first kappa shape index (κ1) is 20.8. The molecule has 3 amide bonds. The summed E-state index contributed by atoms with van der Waals surface area (Å²) in [6.07, 6.45) is 13.8. The fraction of sp³-hybridized carbons (Fsp3) is 0.652. The molecule has 2 aliphatic heterocycles. The maximum absolute atomic E-state index is 13.9. The zero-order valence-electron chi connectivity index (χ0n) is 18.0. The van der Waals surface area contributed by atoms with Crippen molar-refractivity contribution >= 4 is 23.6 Å². The van der Waals surface area contributed by atoms with Gasteiger partial charge in [0, 0.05) is 18.3 Å². The van der Waals surface area contributed by atoms with Crippen LogP contribution in [0.4, 0.5) is 0 Å². The molecule has 0 aromatic heterocycles. The first-order chi connectivity index (χ1) is 14.4. The zero-order chi connectivity index (χ0) is 21.3. The lowest BCUT2D eigenvalue weighted by molar-refractivity contribution is -0.148. The van der Waals surface area contributed by atoms with E-state index in [1.54, 1.807) is 11.0 Å². The lowest BCUT2D eigenvalue weighted by Crippen LogP contribution is -2.63. The summed E-state index contributed by atoms with van der Waals surface area (Å²) in [5.41, 5.74) is -0.0788. The summed E-state index contributed by atoms with van der Waals surface area (Å²) < 4.78 is 0. The van der Waals surface area contributed by atoms with Crippen molar-refractivity contribution in [2.24, 2.45) is 4.99 Å². The van der Waals surface area contributed by atoms with Crippen LogP contribution in [-0.2, 0) is 14.4 Å². The number of amidine groups is 1. The van der Waals surface area contributed by atoms with E-state index in [0.717, 1.165) is 56.9 Å². The quantitative estimate of drug-likeness (QED) is 0.753. The number of nitrogens with zero attached hydrogens (tertiary/aromatic N) is 3. The Morgan fingerprint density at radius 1 is 1.17 bits per heavy atom. The molecule has 0 aromatic rings. The van der Waals surface area contributed by atoms with E-state index < -0.39 is 5.54 Å². The summed E-state index contributed by atoms with van der Waals surface area (Å²) >= 11 is 0. The minimum atomic E-state index is -1.07. The fourth-order valence-corrected chi connectivity index (χ4v) is 5.20. The molecule has 2 saturated carbocycles. The second-order valence-electron chi connectivity index (χ2n) is 9.31. The zero-order valence-corrected chi connectivity index (χ0v) is 18.0. The van der Waals surface area contributed by atoms with Gasteiger partial charge in [0.2, 0.25) is 11.8 Å². The van der Waals surface area contributed by atoms with Gasteiger partial charge in [-0.1, -0.05) is 31.8 Å². The maximum atomic E-state index is 13.9. The third-order valence-electron chi connectivity index (χ3n) is 6.86. The van der Waals surface area contributed by atoms with Gasteiger partial charge in [0.15, 0.2) is 0 Å². The largest absolute Gasteiger partial charge is 0.352 e. The molecule has 4 aliphatic rings. The molecule has 1 unspecified atom stereocenters. The second-order valence-corrected chi connectivity index (χ2v) is 9.31. The number of carbonyl (C=O) groups excluding carboxylic acids is 3. The molecule has 2 heterocycles. The third kappa shape index (κ3) is 4.07. The van der Waals surface area contributed by atoms with Crippen LogP contribution < -0.4 is 5.32 Å². The molecule has 0 saturated heterocycles.